The number of para-hydroxylation sites is 1. The first kappa shape index (κ1) is 12.9. The molecule has 1 aromatic rings. The summed E-state index contributed by atoms with van der Waals surface area (Å²) in [5.74, 6) is 1.07. The molecule has 0 aliphatic carbocycles. The Morgan fingerprint density at radius 1 is 1.21 bits per heavy atom. The summed E-state index contributed by atoms with van der Waals surface area (Å²) in [5.41, 5.74) is 1.32. The van der Waals surface area contributed by atoms with Gasteiger partial charge in [-0.15, -0.1) is 0 Å². The van der Waals surface area contributed by atoms with Gasteiger partial charge in [0.25, 0.3) is 0 Å². The molecule has 2 heterocycles. The Bertz CT molecular complexity index is 412. The number of benzene rings is 1. The van der Waals surface area contributed by atoms with Gasteiger partial charge in [-0.1, -0.05) is 18.2 Å². The van der Waals surface area contributed by atoms with E-state index < -0.39 is 0 Å². The molecule has 2 aliphatic heterocycles. The Hall–Kier alpha value is -1.10. The van der Waals surface area contributed by atoms with E-state index in [-0.39, 0.29) is 0 Å². The number of piperazine rings is 1. The maximum absolute atomic E-state index is 6.11. The van der Waals surface area contributed by atoms with Crippen LogP contribution in [-0.2, 0) is 6.54 Å². The molecule has 4 nitrogen and oxygen atoms in total. The molecule has 1 N–H and O–H groups in total. The Kier molecular flexibility index (Phi) is 4.01. The number of nitrogens with one attached hydrogen (secondary N) is 1. The number of hydrogen-bond acceptors (Lipinski definition) is 4. The summed E-state index contributed by atoms with van der Waals surface area (Å²) in [5, 5.41) is 3.39. The average molecular weight is 261 g/mol. The van der Waals surface area contributed by atoms with Gasteiger partial charge in [0, 0.05) is 51.4 Å². The third kappa shape index (κ3) is 3.26. The lowest BCUT2D eigenvalue weighted by molar-refractivity contribution is 0.0375. The fraction of sp³-hybridized carbons (Fsp3) is 0.600. The molecule has 0 saturated carbocycles. The van der Waals surface area contributed by atoms with E-state index in [0.29, 0.717) is 6.10 Å². The number of rotatable bonds is 4. The molecular formula is C15H23N3O. The van der Waals surface area contributed by atoms with Crippen molar-refractivity contribution in [1.82, 2.24) is 15.1 Å². The third-order valence-electron chi connectivity index (χ3n) is 3.90. The number of hydrogen-bond donors (Lipinski definition) is 1. The molecule has 4 heteroatoms. The number of nitrogens with zero attached hydrogens (tertiary/aromatic N) is 2. The van der Waals surface area contributed by atoms with Crippen molar-refractivity contribution in [2.75, 3.05) is 46.3 Å². The second-order valence-electron chi connectivity index (χ2n) is 5.59. The van der Waals surface area contributed by atoms with Crippen molar-refractivity contribution in [2.24, 2.45) is 0 Å². The van der Waals surface area contributed by atoms with Crippen LogP contribution in [0.15, 0.2) is 24.3 Å². The second-order valence-corrected chi connectivity index (χ2v) is 5.59. The number of likely N-dealkylation sites (N-methyl/N-ethyl adjacent to an activating group) is 1. The molecule has 0 aromatic heterocycles. The zero-order chi connectivity index (χ0) is 13.1. The van der Waals surface area contributed by atoms with E-state index in [9.17, 15) is 0 Å². The first-order valence-electron chi connectivity index (χ1n) is 7.17. The molecule has 0 unspecified atom stereocenters. The van der Waals surface area contributed by atoms with Gasteiger partial charge >= 0.3 is 0 Å². The molecule has 0 bridgehead atoms. The molecule has 19 heavy (non-hydrogen) atoms. The summed E-state index contributed by atoms with van der Waals surface area (Å²) in [4.78, 5) is 4.77. The topological polar surface area (TPSA) is 27.7 Å². The Morgan fingerprint density at radius 2 is 1.95 bits per heavy atom. The predicted octanol–water partition coefficient (Wildman–Crippen LogP) is 0.785. The van der Waals surface area contributed by atoms with Crippen LogP contribution in [0.3, 0.4) is 0 Å². The molecule has 2 aliphatic rings. The van der Waals surface area contributed by atoms with Crippen LogP contribution < -0.4 is 10.1 Å². The van der Waals surface area contributed by atoms with E-state index >= 15 is 0 Å². The minimum absolute atomic E-state index is 0.370. The van der Waals surface area contributed by atoms with Gasteiger partial charge < -0.3 is 10.1 Å². The first-order valence-corrected chi connectivity index (χ1v) is 7.17. The van der Waals surface area contributed by atoms with E-state index in [0.717, 1.165) is 51.6 Å². The highest BCUT2D eigenvalue weighted by Crippen LogP contribution is 2.23. The van der Waals surface area contributed by atoms with Gasteiger partial charge in [0.2, 0.25) is 0 Å². The second kappa shape index (κ2) is 5.90. The van der Waals surface area contributed by atoms with Gasteiger partial charge in [-0.25, -0.2) is 0 Å². The molecule has 0 amide bonds. The largest absolute Gasteiger partial charge is 0.487 e. The Morgan fingerprint density at radius 3 is 2.68 bits per heavy atom. The van der Waals surface area contributed by atoms with Crippen molar-refractivity contribution in [3.63, 3.8) is 0 Å². The van der Waals surface area contributed by atoms with Gasteiger partial charge in [-0.05, 0) is 13.1 Å². The zero-order valence-electron chi connectivity index (χ0n) is 11.6. The molecule has 3 rings (SSSR count). The Labute approximate surface area is 115 Å². The van der Waals surface area contributed by atoms with E-state index in [1.54, 1.807) is 0 Å². The van der Waals surface area contributed by atoms with Crippen LogP contribution in [0, 0.1) is 0 Å². The predicted molar refractivity (Wildman–Crippen MR) is 76.5 cm³/mol. The fourth-order valence-corrected chi connectivity index (χ4v) is 2.76. The van der Waals surface area contributed by atoms with Crippen LogP contribution in [0.25, 0.3) is 0 Å². The van der Waals surface area contributed by atoms with Gasteiger partial charge in [0.1, 0.15) is 11.9 Å². The molecule has 2 fully saturated rings. The normalized spacial score (nSPS) is 22.2. The SMILES string of the molecule is CN1CC(Oc2ccccc2CN2CCNCC2)C1. The lowest BCUT2D eigenvalue weighted by Gasteiger charge is -2.36. The maximum Gasteiger partial charge on any atom is 0.124 e. The Balaban J connectivity index is 1.63. The fourth-order valence-electron chi connectivity index (χ4n) is 2.76. The van der Waals surface area contributed by atoms with Gasteiger partial charge in [0.15, 0.2) is 0 Å². The molecule has 0 spiro atoms. The highest BCUT2D eigenvalue weighted by molar-refractivity contribution is 5.33. The minimum Gasteiger partial charge on any atom is -0.487 e. The number of ether oxygens (including phenoxy) is 1. The van der Waals surface area contributed by atoms with Gasteiger partial charge in [-0.3, -0.25) is 9.80 Å². The van der Waals surface area contributed by atoms with E-state index in [2.05, 4.69) is 46.4 Å². The summed E-state index contributed by atoms with van der Waals surface area (Å²) in [6, 6.07) is 8.48. The average Bonchev–Trinajstić information content (AvgIpc) is 2.40. The zero-order valence-corrected chi connectivity index (χ0v) is 11.6. The van der Waals surface area contributed by atoms with Crippen molar-refractivity contribution in [1.29, 1.82) is 0 Å². The molecule has 0 atom stereocenters. The summed E-state index contributed by atoms with van der Waals surface area (Å²) in [6.45, 7) is 7.53. The summed E-state index contributed by atoms with van der Waals surface area (Å²) < 4.78 is 6.11. The summed E-state index contributed by atoms with van der Waals surface area (Å²) in [6.07, 6.45) is 0.370. The highest BCUT2D eigenvalue weighted by Gasteiger charge is 2.25. The van der Waals surface area contributed by atoms with Crippen LogP contribution in [-0.4, -0.2) is 62.2 Å². The molecule has 2 saturated heterocycles. The van der Waals surface area contributed by atoms with Crippen LogP contribution >= 0.6 is 0 Å². The lowest BCUT2D eigenvalue weighted by Crippen LogP contribution is -2.51. The monoisotopic (exact) mass is 261 g/mol. The quantitative estimate of drug-likeness (QED) is 0.867. The standard InChI is InChI=1S/C15H23N3O/c1-17-11-14(12-17)19-15-5-3-2-4-13(15)10-18-8-6-16-7-9-18/h2-5,14,16H,6-12H2,1H3. The van der Waals surface area contributed by atoms with Crippen molar-refractivity contribution < 1.29 is 4.74 Å². The van der Waals surface area contributed by atoms with Crippen molar-refractivity contribution in [3.05, 3.63) is 29.8 Å². The van der Waals surface area contributed by atoms with E-state index in [1.807, 2.05) is 0 Å². The summed E-state index contributed by atoms with van der Waals surface area (Å²) in [7, 11) is 2.13. The van der Waals surface area contributed by atoms with E-state index in [4.69, 9.17) is 4.74 Å². The minimum atomic E-state index is 0.370. The van der Waals surface area contributed by atoms with Crippen LogP contribution in [0.5, 0.6) is 5.75 Å². The van der Waals surface area contributed by atoms with Crippen LogP contribution in [0.4, 0.5) is 0 Å². The summed E-state index contributed by atoms with van der Waals surface area (Å²) >= 11 is 0. The van der Waals surface area contributed by atoms with Crippen molar-refractivity contribution in [3.8, 4) is 5.75 Å². The van der Waals surface area contributed by atoms with Crippen molar-refractivity contribution in [2.45, 2.75) is 12.6 Å². The lowest BCUT2D eigenvalue weighted by atomic mass is 10.1. The van der Waals surface area contributed by atoms with Gasteiger partial charge in [0.05, 0.1) is 0 Å². The van der Waals surface area contributed by atoms with Crippen LogP contribution in [0.2, 0.25) is 0 Å². The molecule has 1 aromatic carbocycles. The molecule has 104 valence electrons. The molecular weight excluding hydrogens is 238 g/mol. The third-order valence-corrected chi connectivity index (χ3v) is 3.90. The number of likely N-dealkylation sites (tertiary alicyclic amines) is 1. The van der Waals surface area contributed by atoms with Gasteiger partial charge in [-0.2, -0.15) is 0 Å². The highest BCUT2D eigenvalue weighted by atomic mass is 16.5. The molecule has 0 radical (unpaired) electrons. The smallest absolute Gasteiger partial charge is 0.124 e. The van der Waals surface area contributed by atoms with E-state index in [1.165, 1.54) is 5.56 Å². The van der Waals surface area contributed by atoms with Crippen molar-refractivity contribution >= 4 is 0 Å². The maximum atomic E-state index is 6.11. The first-order chi connectivity index (χ1) is 9.31. The van der Waals surface area contributed by atoms with Crippen LogP contribution in [0.1, 0.15) is 5.56 Å².